The third-order valence-electron chi connectivity index (χ3n) is 9.07. The predicted octanol–water partition coefficient (Wildman–Crippen LogP) is 2.97. The van der Waals surface area contributed by atoms with E-state index in [2.05, 4.69) is 5.32 Å². The smallest absolute Gasteiger partial charge is 0.407 e. The van der Waals surface area contributed by atoms with Crippen molar-refractivity contribution in [2.24, 2.45) is 11.3 Å². The van der Waals surface area contributed by atoms with Gasteiger partial charge in [0.2, 0.25) is 10.0 Å². The molecule has 0 spiro atoms. The molecule has 14 heteroatoms. The Balaban J connectivity index is 1.59. The molecule has 2 amide bonds. The van der Waals surface area contributed by atoms with Crippen LogP contribution in [0.1, 0.15) is 58.9 Å². The van der Waals surface area contributed by atoms with Gasteiger partial charge in [-0.15, -0.1) is 0 Å². The number of rotatable bonds is 17. The Morgan fingerprint density at radius 3 is 2.45 bits per heavy atom. The zero-order chi connectivity index (χ0) is 35.8. The highest BCUT2D eigenvalue weighted by Gasteiger charge is 2.47. The summed E-state index contributed by atoms with van der Waals surface area (Å²) >= 11 is 0. The number of nitrogens with zero attached hydrogens (tertiary/aromatic N) is 2. The second kappa shape index (κ2) is 17.0. The molecule has 0 radical (unpaired) electrons. The molecule has 5 atom stereocenters. The number of fused-ring (bicyclic) bond motifs is 1. The molecule has 2 aromatic carbocycles. The summed E-state index contributed by atoms with van der Waals surface area (Å²) in [6.07, 6.45) is -1.50. The van der Waals surface area contributed by atoms with Gasteiger partial charge in [0.05, 0.1) is 42.4 Å². The molecule has 272 valence electrons. The molecule has 0 aliphatic carbocycles. The number of ether oxygens (including phenoxy) is 3. The van der Waals surface area contributed by atoms with Gasteiger partial charge in [0, 0.05) is 31.2 Å². The van der Waals surface area contributed by atoms with Gasteiger partial charge in [0.15, 0.2) is 6.29 Å². The minimum atomic E-state index is -4.17. The second-order valence-corrected chi connectivity index (χ2v) is 15.9. The number of anilines is 1. The molecule has 2 aliphatic rings. The van der Waals surface area contributed by atoms with E-state index in [1.165, 1.54) is 28.6 Å². The summed E-state index contributed by atoms with van der Waals surface area (Å²) in [4.78, 5) is 25.9. The highest BCUT2D eigenvalue weighted by atomic mass is 32.2. The molecule has 2 fully saturated rings. The standard InChI is InChI=1S/C35H52N4O9S/c1-24(2)48-33(41)37-18-9-8-17-35(3,4)23-38(49(44,45)27-14-12-26(36)13-15-27)21-31(40)29(20-25-10-6-5-7-11-25)39(34(42)43)30-22-47-32-28(30)16-19-46-32/h5-7,10-15,24,28-32,40H,8-9,16-23,36H2,1-4H3,(H,37,41)(H,42,43)/p-1/t28-,29-,30-,31+,32+/m0/s1. The first-order chi connectivity index (χ1) is 23.2. The van der Waals surface area contributed by atoms with Crippen molar-refractivity contribution in [2.75, 3.05) is 38.6 Å². The van der Waals surface area contributed by atoms with Crippen molar-refractivity contribution in [2.45, 2.75) is 95.3 Å². The molecule has 0 saturated carbocycles. The van der Waals surface area contributed by atoms with E-state index in [-0.39, 0.29) is 43.0 Å². The number of unbranched alkanes of at least 4 members (excludes halogenated alkanes) is 1. The van der Waals surface area contributed by atoms with E-state index >= 15 is 0 Å². The van der Waals surface area contributed by atoms with Crippen LogP contribution < -0.4 is 16.2 Å². The van der Waals surface area contributed by atoms with Crippen LogP contribution in [0.25, 0.3) is 0 Å². The lowest BCUT2D eigenvalue weighted by Crippen LogP contribution is -2.61. The van der Waals surface area contributed by atoms with Crippen molar-refractivity contribution in [3.63, 3.8) is 0 Å². The first-order valence-corrected chi connectivity index (χ1v) is 18.4. The molecular formula is C35H51N4O9S-. The van der Waals surface area contributed by atoms with Gasteiger partial charge >= 0.3 is 6.09 Å². The number of carbonyl (C=O) groups is 2. The van der Waals surface area contributed by atoms with Crippen LogP contribution in [-0.4, -0.2) is 98.3 Å². The van der Waals surface area contributed by atoms with Crippen LogP contribution >= 0.6 is 0 Å². The van der Waals surface area contributed by atoms with Crippen LogP contribution in [0.2, 0.25) is 0 Å². The summed E-state index contributed by atoms with van der Waals surface area (Å²) in [6.45, 7) is 7.99. The normalized spacial score (nSPS) is 20.6. The molecule has 4 N–H and O–H groups in total. The molecular weight excluding hydrogens is 652 g/mol. The predicted molar refractivity (Wildman–Crippen MR) is 182 cm³/mol. The van der Waals surface area contributed by atoms with Crippen molar-refractivity contribution >= 4 is 27.9 Å². The first kappa shape index (κ1) is 38.4. The molecule has 0 aromatic heterocycles. The maximum atomic E-state index is 14.2. The quantitative estimate of drug-likeness (QED) is 0.164. The summed E-state index contributed by atoms with van der Waals surface area (Å²) in [5.41, 5.74) is 6.47. The lowest BCUT2D eigenvalue weighted by molar-refractivity contribution is -0.273. The number of nitrogen functional groups attached to an aromatic ring is 1. The highest BCUT2D eigenvalue weighted by molar-refractivity contribution is 7.89. The van der Waals surface area contributed by atoms with Crippen LogP contribution in [0.5, 0.6) is 0 Å². The van der Waals surface area contributed by atoms with Gasteiger partial charge in [-0.3, -0.25) is 0 Å². The van der Waals surface area contributed by atoms with E-state index in [0.717, 1.165) is 10.5 Å². The van der Waals surface area contributed by atoms with E-state index in [0.29, 0.717) is 44.5 Å². The molecule has 4 rings (SSSR count). The molecule has 2 aliphatic heterocycles. The van der Waals surface area contributed by atoms with Gasteiger partial charge < -0.3 is 45.2 Å². The Hall–Kier alpha value is -3.43. The van der Waals surface area contributed by atoms with Crippen LogP contribution in [0.4, 0.5) is 15.3 Å². The minimum Gasteiger partial charge on any atom is -0.530 e. The van der Waals surface area contributed by atoms with E-state index in [9.17, 15) is 28.2 Å². The molecule has 13 nitrogen and oxygen atoms in total. The zero-order valence-electron chi connectivity index (χ0n) is 28.8. The Morgan fingerprint density at radius 2 is 1.80 bits per heavy atom. The average Bonchev–Trinajstić information content (AvgIpc) is 3.65. The molecule has 0 bridgehead atoms. The third-order valence-corrected chi connectivity index (χ3v) is 10.9. The van der Waals surface area contributed by atoms with Crippen molar-refractivity contribution in [3.8, 4) is 0 Å². The lowest BCUT2D eigenvalue weighted by atomic mass is 9.87. The Labute approximate surface area is 289 Å². The van der Waals surface area contributed by atoms with Gasteiger partial charge in [-0.1, -0.05) is 50.6 Å². The highest BCUT2D eigenvalue weighted by Crippen LogP contribution is 2.36. The summed E-state index contributed by atoms with van der Waals surface area (Å²) in [5.74, 6) is -0.237. The Morgan fingerprint density at radius 1 is 1.10 bits per heavy atom. The number of carbonyl (C=O) groups excluding carboxylic acids is 2. The van der Waals surface area contributed by atoms with Crippen LogP contribution in [0, 0.1) is 11.3 Å². The number of aliphatic hydroxyl groups excluding tert-OH is 1. The van der Waals surface area contributed by atoms with Crippen molar-refractivity contribution in [3.05, 3.63) is 60.2 Å². The monoisotopic (exact) mass is 703 g/mol. The van der Waals surface area contributed by atoms with Crippen LogP contribution in [-0.2, 0) is 30.7 Å². The van der Waals surface area contributed by atoms with E-state index < -0.39 is 52.1 Å². The number of amides is 2. The maximum absolute atomic E-state index is 14.2. The zero-order valence-corrected chi connectivity index (χ0v) is 29.6. The summed E-state index contributed by atoms with van der Waals surface area (Å²) < 4.78 is 46.2. The SMILES string of the molecule is CC(C)OC(=O)NCCCCC(C)(C)CN(C[C@@H](O)[C@H](Cc1ccccc1)N(C(=O)[O-])[C@H]1CO[C@H]2OCC[C@H]21)S(=O)(=O)c1ccc(N)cc1. The number of sulfonamides is 1. The number of alkyl carbamates (subject to hydrolysis) is 1. The van der Waals surface area contributed by atoms with E-state index in [1.54, 1.807) is 13.8 Å². The Bertz CT molecular complexity index is 1470. The van der Waals surface area contributed by atoms with Crippen LogP contribution in [0.15, 0.2) is 59.5 Å². The third kappa shape index (κ3) is 10.5. The van der Waals surface area contributed by atoms with Crippen molar-refractivity contribution < 1.29 is 42.4 Å². The molecule has 2 aromatic rings. The summed E-state index contributed by atoms with van der Waals surface area (Å²) in [6, 6.07) is 13.3. The number of hydrogen-bond donors (Lipinski definition) is 3. The number of nitrogens with two attached hydrogens (primary N) is 1. The van der Waals surface area contributed by atoms with Gasteiger partial charge in [-0.05, 0) is 74.8 Å². The van der Waals surface area contributed by atoms with Gasteiger partial charge in [-0.25, -0.2) is 13.2 Å². The Kier molecular flexibility index (Phi) is 13.3. The molecule has 2 saturated heterocycles. The van der Waals surface area contributed by atoms with E-state index in [4.69, 9.17) is 19.9 Å². The first-order valence-electron chi connectivity index (χ1n) is 16.9. The fourth-order valence-corrected chi connectivity index (χ4v) is 8.27. The molecule has 0 unspecified atom stereocenters. The molecule has 2 heterocycles. The number of carboxylic acid groups (broad SMARTS) is 1. The second-order valence-electron chi connectivity index (χ2n) is 14.0. The number of aliphatic hydroxyl groups is 1. The summed E-state index contributed by atoms with van der Waals surface area (Å²) in [5, 5.41) is 27.6. The topological polar surface area (TPSA) is 184 Å². The van der Waals surface area contributed by atoms with Crippen molar-refractivity contribution in [1.82, 2.24) is 14.5 Å². The van der Waals surface area contributed by atoms with E-state index in [1.807, 2.05) is 44.2 Å². The van der Waals surface area contributed by atoms with Crippen LogP contribution in [0.3, 0.4) is 0 Å². The van der Waals surface area contributed by atoms with Gasteiger partial charge in [-0.2, -0.15) is 4.31 Å². The number of benzene rings is 2. The fraction of sp³-hybridized carbons (Fsp3) is 0.600. The maximum Gasteiger partial charge on any atom is 0.407 e. The summed E-state index contributed by atoms with van der Waals surface area (Å²) in [7, 11) is -4.17. The fourth-order valence-electron chi connectivity index (χ4n) is 6.62. The van der Waals surface area contributed by atoms with Gasteiger partial charge in [0.1, 0.15) is 6.09 Å². The number of nitrogens with one attached hydrogen (secondary N) is 1. The van der Waals surface area contributed by atoms with Crippen molar-refractivity contribution in [1.29, 1.82) is 0 Å². The average molecular weight is 704 g/mol. The minimum absolute atomic E-state index is 0.00377. The lowest BCUT2D eigenvalue weighted by Gasteiger charge is -2.43. The molecule has 49 heavy (non-hydrogen) atoms. The largest absolute Gasteiger partial charge is 0.530 e. The van der Waals surface area contributed by atoms with Gasteiger partial charge in [0.25, 0.3) is 0 Å². The number of hydrogen-bond acceptors (Lipinski definition) is 10.